The summed E-state index contributed by atoms with van der Waals surface area (Å²) in [6.07, 6.45) is 3.12. The van der Waals surface area contributed by atoms with Crippen LogP contribution in [0.5, 0.6) is 0 Å². The largest absolute Gasteiger partial charge is 0.360 e. The number of nitrogens with one attached hydrogen (secondary N) is 2. The van der Waals surface area contributed by atoms with E-state index in [0.717, 1.165) is 16.6 Å². The zero-order valence-electron chi connectivity index (χ0n) is 13.7. The molecular weight excluding hydrogens is 352 g/mol. The minimum atomic E-state index is -0.333. The fraction of sp³-hybridized carbons (Fsp3) is 0.118. The van der Waals surface area contributed by atoms with E-state index in [-0.39, 0.29) is 11.2 Å². The number of aryl methyl sites for hydroxylation is 1. The molecule has 1 atom stereocenters. The van der Waals surface area contributed by atoms with Gasteiger partial charge in [-0.25, -0.2) is 9.97 Å². The molecule has 0 radical (unpaired) electrons. The molecule has 4 rings (SSSR count). The van der Waals surface area contributed by atoms with Gasteiger partial charge < -0.3 is 9.84 Å². The molecule has 3 aromatic heterocycles. The van der Waals surface area contributed by atoms with Crippen molar-refractivity contribution >= 4 is 35.4 Å². The second-order valence-corrected chi connectivity index (χ2v) is 6.21. The number of aromatic amines is 1. The molecule has 0 saturated carbocycles. The van der Waals surface area contributed by atoms with Crippen LogP contribution in [0.4, 0.5) is 5.82 Å². The number of hydrogen-bond acceptors (Lipinski definition) is 7. The molecule has 0 saturated heterocycles. The van der Waals surface area contributed by atoms with Crippen LogP contribution in [-0.4, -0.2) is 31.2 Å². The monoisotopic (exact) mass is 366 g/mol. The zero-order chi connectivity index (χ0) is 18.1. The van der Waals surface area contributed by atoms with E-state index >= 15 is 0 Å². The Balaban J connectivity index is 1.62. The normalized spacial score (nSPS) is 12.2. The Bertz CT molecular complexity index is 1090. The van der Waals surface area contributed by atoms with Gasteiger partial charge >= 0.3 is 0 Å². The molecule has 0 aliphatic carbocycles. The first-order valence-electron chi connectivity index (χ1n) is 7.78. The van der Waals surface area contributed by atoms with Gasteiger partial charge in [-0.3, -0.25) is 9.89 Å². The summed E-state index contributed by atoms with van der Waals surface area (Å²) < 4.78 is 4.95. The molecule has 26 heavy (non-hydrogen) atoms. The van der Waals surface area contributed by atoms with E-state index in [4.69, 9.17) is 4.52 Å². The molecule has 0 spiro atoms. The fourth-order valence-electron chi connectivity index (χ4n) is 2.62. The van der Waals surface area contributed by atoms with Gasteiger partial charge in [0.1, 0.15) is 12.1 Å². The third-order valence-corrected chi connectivity index (χ3v) is 4.41. The van der Waals surface area contributed by atoms with E-state index in [9.17, 15) is 4.79 Å². The van der Waals surface area contributed by atoms with Crippen molar-refractivity contribution < 1.29 is 9.32 Å². The molecule has 1 amide bonds. The molecule has 0 aliphatic heterocycles. The van der Waals surface area contributed by atoms with Crippen LogP contribution in [0.25, 0.3) is 11.0 Å². The average Bonchev–Trinajstić information content (AvgIpc) is 3.29. The van der Waals surface area contributed by atoms with Crippen molar-refractivity contribution in [2.45, 2.75) is 12.2 Å². The number of aromatic nitrogens is 5. The quantitative estimate of drug-likeness (QED) is 0.479. The topological polar surface area (TPSA) is 110 Å². The van der Waals surface area contributed by atoms with Crippen LogP contribution in [0.15, 0.2) is 47.4 Å². The summed E-state index contributed by atoms with van der Waals surface area (Å²) in [5, 5.41) is 13.7. The predicted octanol–water partition coefficient (Wildman–Crippen LogP) is 2.92. The Morgan fingerprint density at radius 3 is 3.00 bits per heavy atom. The molecule has 0 aliphatic rings. The number of carbonyl (C=O) groups is 1. The number of thiol groups is 1. The summed E-state index contributed by atoms with van der Waals surface area (Å²) in [6, 6.07) is 8.84. The molecule has 3 heterocycles. The van der Waals surface area contributed by atoms with Crippen LogP contribution in [0, 0.1) is 6.92 Å². The number of amides is 1. The lowest BCUT2D eigenvalue weighted by atomic mass is 10.0. The van der Waals surface area contributed by atoms with Gasteiger partial charge in [-0.2, -0.15) is 17.7 Å². The van der Waals surface area contributed by atoms with Crippen LogP contribution in [0.1, 0.15) is 32.6 Å². The first-order chi connectivity index (χ1) is 12.6. The maximum absolute atomic E-state index is 12.4. The van der Waals surface area contributed by atoms with Crippen LogP contribution in [0.2, 0.25) is 0 Å². The molecule has 1 unspecified atom stereocenters. The van der Waals surface area contributed by atoms with Gasteiger partial charge in [0.25, 0.3) is 5.91 Å². The molecule has 4 aromatic rings. The molecular formula is C17H14N6O2S. The van der Waals surface area contributed by atoms with Crippen molar-refractivity contribution in [2.75, 3.05) is 5.32 Å². The minimum Gasteiger partial charge on any atom is -0.360 e. The number of fused-ring (bicyclic) bond motifs is 1. The fourth-order valence-corrected chi connectivity index (χ4v) is 2.99. The first kappa shape index (κ1) is 16.3. The molecule has 8 nitrogen and oxygen atoms in total. The average molecular weight is 366 g/mol. The Kier molecular flexibility index (Phi) is 4.13. The van der Waals surface area contributed by atoms with Crippen molar-refractivity contribution in [3.63, 3.8) is 0 Å². The minimum absolute atomic E-state index is 0.281. The highest BCUT2D eigenvalue weighted by molar-refractivity contribution is 7.80. The van der Waals surface area contributed by atoms with Gasteiger partial charge in [-0.15, -0.1) is 0 Å². The van der Waals surface area contributed by atoms with Crippen molar-refractivity contribution in [1.29, 1.82) is 0 Å². The van der Waals surface area contributed by atoms with Gasteiger partial charge in [-0.05, 0) is 24.6 Å². The molecule has 2 N–H and O–H groups in total. The van der Waals surface area contributed by atoms with Crippen molar-refractivity contribution in [3.05, 3.63) is 65.4 Å². The lowest BCUT2D eigenvalue weighted by Crippen LogP contribution is -2.12. The zero-order valence-corrected chi connectivity index (χ0v) is 14.6. The SMILES string of the molecule is Cc1cc(NC(=O)c2cccc(C(S)c3ncnc4[nH]ncc34)c2)no1. The maximum atomic E-state index is 12.4. The first-order valence-corrected chi connectivity index (χ1v) is 8.30. The van der Waals surface area contributed by atoms with Gasteiger partial charge in [0.05, 0.1) is 22.5 Å². The van der Waals surface area contributed by atoms with Crippen LogP contribution in [-0.2, 0) is 0 Å². The highest BCUT2D eigenvalue weighted by atomic mass is 32.1. The number of rotatable bonds is 4. The lowest BCUT2D eigenvalue weighted by Gasteiger charge is -2.12. The molecule has 0 fully saturated rings. The number of nitrogens with zero attached hydrogens (tertiary/aromatic N) is 4. The van der Waals surface area contributed by atoms with E-state index in [2.05, 4.69) is 43.3 Å². The third kappa shape index (κ3) is 3.04. The number of benzene rings is 1. The molecule has 1 aromatic carbocycles. The third-order valence-electron chi connectivity index (χ3n) is 3.87. The summed E-state index contributed by atoms with van der Waals surface area (Å²) in [6.45, 7) is 1.76. The van der Waals surface area contributed by atoms with Gasteiger partial charge in [0, 0.05) is 11.6 Å². The van der Waals surface area contributed by atoms with Crippen LogP contribution < -0.4 is 5.32 Å². The summed E-state index contributed by atoms with van der Waals surface area (Å²) in [4.78, 5) is 20.9. The maximum Gasteiger partial charge on any atom is 0.256 e. The Morgan fingerprint density at radius 1 is 1.31 bits per heavy atom. The van der Waals surface area contributed by atoms with E-state index in [1.54, 1.807) is 37.4 Å². The van der Waals surface area contributed by atoms with Gasteiger partial charge in [-0.1, -0.05) is 17.3 Å². The van der Waals surface area contributed by atoms with Crippen LogP contribution in [0.3, 0.4) is 0 Å². The smallest absolute Gasteiger partial charge is 0.256 e. The molecule has 0 bridgehead atoms. The second kappa shape index (κ2) is 6.60. The summed E-state index contributed by atoms with van der Waals surface area (Å²) in [5.41, 5.74) is 2.68. The van der Waals surface area contributed by atoms with Gasteiger partial charge in [0.15, 0.2) is 11.5 Å². The summed E-state index contributed by atoms with van der Waals surface area (Å²) in [7, 11) is 0. The lowest BCUT2D eigenvalue weighted by molar-refractivity contribution is 0.102. The standard InChI is InChI=1S/C17H14N6O2S/c1-9-5-13(23-25-9)21-17(24)11-4-2-3-10(6-11)15(26)14-12-7-20-22-16(12)19-8-18-14/h2-8,15,26H,1H3,(H,21,23,24)(H,18,19,20,22). The molecule has 9 heteroatoms. The van der Waals surface area contributed by atoms with E-state index < -0.39 is 0 Å². The highest BCUT2D eigenvalue weighted by Crippen LogP contribution is 2.31. The van der Waals surface area contributed by atoms with E-state index in [1.165, 1.54) is 6.33 Å². The molecule has 130 valence electrons. The Morgan fingerprint density at radius 2 is 2.19 bits per heavy atom. The Hall–Kier alpha value is -3.20. The highest BCUT2D eigenvalue weighted by Gasteiger charge is 2.17. The van der Waals surface area contributed by atoms with E-state index in [1.807, 2.05) is 6.07 Å². The number of anilines is 1. The van der Waals surface area contributed by atoms with Crippen molar-refractivity contribution in [2.24, 2.45) is 0 Å². The van der Waals surface area contributed by atoms with E-state index in [0.29, 0.717) is 22.8 Å². The van der Waals surface area contributed by atoms with Crippen molar-refractivity contribution in [3.8, 4) is 0 Å². The van der Waals surface area contributed by atoms with Crippen molar-refractivity contribution in [1.82, 2.24) is 25.3 Å². The number of carbonyl (C=O) groups excluding carboxylic acids is 1. The number of hydrogen-bond donors (Lipinski definition) is 3. The summed E-state index contributed by atoms with van der Waals surface area (Å²) in [5.74, 6) is 0.713. The summed E-state index contributed by atoms with van der Waals surface area (Å²) >= 11 is 4.69. The number of H-pyrrole nitrogens is 1. The predicted molar refractivity (Wildman–Crippen MR) is 98.1 cm³/mol. The van der Waals surface area contributed by atoms with Gasteiger partial charge in [0.2, 0.25) is 0 Å². The second-order valence-electron chi connectivity index (χ2n) is 5.70. The van der Waals surface area contributed by atoms with Crippen LogP contribution >= 0.6 is 12.6 Å². The Labute approximate surface area is 153 Å².